The maximum atomic E-state index is 11.0. The zero-order valence-corrected chi connectivity index (χ0v) is 8.81. The lowest BCUT2D eigenvalue weighted by Gasteiger charge is -2.02. The number of isothiocyanates is 1. The molecule has 0 fully saturated rings. The molecule has 1 aromatic carbocycles. The van der Waals surface area contributed by atoms with E-state index in [1.165, 1.54) is 6.66 Å². The predicted molar refractivity (Wildman–Crippen MR) is 57.1 cm³/mol. The van der Waals surface area contributed by atoms with Gasteiger partial charge in [0.2, 0.25) is 7.37 Å². The molecule has 13 heavy (non-hydrogen) atoms. The largest absolute Gasteiger partial charge is 0.341 e. The molecule has 1 atom stereocenters. The van der Waals surface area contributed by atoms with Crippen molar-refractivity contribution in [2.45, 2.75) is 0 Å². The molecule has 1 unspecified atom stereocenters. The summed E-state index contributed by atoms with van der Waals surface area (Å²) in [5, 5.41) is 7.87. The van der Waals surface area contributed by atoms with Crippen molar-refractivity contribution >= 4 is 30.1 Å². The SMILES string of the molecule is CP(=O)(O)c1ccccc1.N=C=S. The Hall–Kier alpha value is -0.790. The van der Waals surface area contributed by atoms with E-state index in [2.05, 4.69) is 12.2 Å². The second kappa shape index (κ2) is 5.79. The maximum Gasteiger partial charge on any atom is 0.226 e. The zero-order valence-electron chi connectivity index (χ0n) is 7.10. The third-order valence-electron chi connectivity index (χ3n) is 1.24. The van der Waals surface area contributed by atoms with E-state index in [0.717, 1.165) is 0 Å². The Morgan fingerprint density at radius 2 is 1.85 bits per heavy atom. The second-order valence-electron chi connectivity index (χ2n) is 2.32. The van der Waals surface area contributed by atoms with E-state index in [-0.39, 0.29) is 0 Å². The lowest BCUT2D eigenvalue weighted by molar-refractivity contribution is 0.496. The third-order valence-corrected chi connectivity index (χ3v) is 2.49. The van der Waals surface area contributed by atoms with Crippen molar-refractivity contribution in [3.63, 3.8) is 0 Å². The molecule has 0 saturated carbocycles. The van der Waals surface area contributed by atoms with Gasteiger partial charge in [-0.1, -0.05) is 18.2 Å². The summed E-state index contributed by atoms with van der Waals surface area (Å²) in [6.07, 6.45) is 0. The van der Waals surface area contributed by atoms with Gasteiger partial charge >= 0.3 is 0 Å². The molecule has 0 aliphatic heterocycles. The van der Waals surface area contributed by atoms with Crippen molar-refractivity contribution in [3.8, 4) is 0 Å². The van der Waals surface area contributed by atoms with E-state index >= 15 is 0 Å². The highest BCUT2D eigenvalue weighted by Gasteiger charge is 2.10. The van der Waals surface area contributed by atoms with Gasteiger partial charge in [-0.25, -0.2) is 5.41 Å². The molecule has 0 heterocycles. The van der Waals surface area contributed by atoms with E-state index in [0.29, 0.717) is 5.30 Å². The summed E-state index contributed by atoms with van der Waals surface area (Å²) in [6, 6.07) is 8.63. The molecule has 2 N–H and O–H groups in total. The summed E-state index contributed by atoms with van der Waals surface area (Å²) < 4.78 is 11.0. The Morgan fingerprint density at radius 3 is 2.08 bits per heavy atom. The van der Waals surface area contributed by atoms with Gasteiger partial charge in [0, 0.05) is 12.0 Å². The first-order chi connectivity index (χ1) is 6.02. The first-order valence-corrected chi connectivity index (χ1v) is 5.93. The normalized spacial score (nSPS) is 13.1. The minimum Gasteiger partial charge on any atom is -0.341 e. The fourth-order valence-electron chi connectivity index (χ4n) is 0.705. The molecule has 0 radical (unpaired) electrons. The lowest BCUT2D eigenvalue weighted by Crippen LogP contribution is -2.00. The number of hydrogen-bond donors (Lipinski definition) is 2. The number of rotatable bonds is 1. The van der Waals surface area contributed by atoms with E-state index in [9.17, 15) is 4.57 Å². The number of thiocarbonyl (C=S) groups is 1. The average molecular weight is 215 g/mol. The van der Waals surface area contributed by atoms with Gasteiger partial charge in [0.1, 0.15) is 0 Å². The minimum absolute atomic E-state index is 0.509. The fourth-order valence-corrected chi connectivity index (χ4v) is 1.43. The molecule has 1 rings (SSSR count). The highest BCUT2D eigenvalue weighted by Crippen LogP contribution is 2.33. The van der Waals surface area contributed by atoms with Crippen LogP contribution >= 0.6 is 19.6 Å². The summed E-state index contributed by atoms with van der Waals surface area (Å²) in [6.45, 7) is 1.34. The molecule has 1 aromatic rings. The topological polar surface area (TPSA) is 61.1 Å². The molecule has 0 aromatic heterocycles. The molecule has 0 aliphatic rings. The molecule has 0 aliphatic carbocycles. The van der Waals surface area contributed by atoms with Crippen LogP contribution in [-0.4, -0.2) is 16.7 Å². The van der Waals surface area contributed by atoms with Gasteiger partial charge in [-0.15, -0.1) is 0 Å². The molecule has 3 nitrogen and oxygen atoms in total. The van der Waals surface area contributed by atoms with Crippen LogP contribution in [0.5, 0.6) is 0 Å². The fraction of sp³-hybridized carbons (Fsp3) is 0.125. The van der Waals surface area contributed by atoms with Crippen LogP contribution in [0.3, 0.4) is 0 Å². The second-order valence-corrected chi connectivity index (χ2v) is 4.80. The molecule has 0 amide bonds. The van der Waals surface area contributed by atoms with Gasteiger partial charge in [-0.3, -0.25) is 4.57 Å². The summed E-state index contributed by atoms with van der Waals surface area (Å²) in [7, 11) is -3.02. The van der Waals surface area contributed by atoms with E-state index in [1.54, 1.807) is 29.4 Å². The third kappa shape index (κ3) is 5.45. The van der Waals surface area contributed by atoms with Crippen LogP contribution in [-0.2, 0) is 4.57 Å². The number of nitrogens with one attached hydrogen (secondary N) is 1. The highest BCUT2D eigenvalue weighted by atomic mass is 32.1. The van der Waals surface area contributed by atoms with Crippen LogP contribution < -0.4 is 5.30 Å². The Labute approximate surface area is 82.4 Å². The van der Waals surface area contributed by atoms with Crippen molar-refractivity contribution in [1.82, 2.24) is 0 Å². The van der Waals surface area contributed by atoms with Gasteiger partial charge in [-0.2, -0.15) is 0 Å². The first kappa shape index (κ1) is 12.2. The smallest absolute Gasteiger partial charge is 0.226 e. The Morgan fingerprint density at radius 1 is 1.46 bits per heavy atom. The van der Waals surface area contributed by atoms with Gasteiger partial charge in [0.05, 0.1) is 5.16 Å². The Balaban J connectivity index is 0.000000424. The van der Waals surface area contributed by atoms with Crippen LogP contribution in [0.2, 0.25) is 0 Å². The van der Waals surface area contributed by atoms with Crippen LogP contribution in [0.4, 0.5) is 0 Å². The lowest BCUT2D eigenvalue weighted by atomic mass is 10.4. The number of hydrogen-bond acceptors (Lipinski definition) is 3. The van der Waals surface area contributed by atoms with Crippen molar-refractivity contribution in [2.75, 3.05) is 6.66 Å². The van der Waals surface area contributed by atoms with E-state index in [1.807, 2.05) is 6.07 Å². The number of benzene rings is 1. The summed E-state index contributed by atoms with van der Waals surface area (Å²) in [5.41, 5.74) is 0. The van der Waals surface area contributed by atoms with Gasteiger partial charge in [0.15, 0.2) is 0 Å². The quantitative estimate of drug-likeness (QED) is 0.427. The van der Waals surface area contributed by atoms with E-state index < -0.39 is 7.37 Å². The Bertz CT molecular complexity index is 327. The summed E-state index contributed by atoms with van der Waals surface area (Å²) >= 11 is 3.81. The van der Waals surface area contributed by atoms with Gasteiger partial charge in [0.25, 0.3) is 0 Å². The van der Waals surface area contributed by atoms with Gasteiger partial charge < -0.3 is 4.89 Å². The molecular formula is C8H10NO2PS. The Kier molecular flexibility index (Phi) is 5.44. The molecule has 0 bridgehead atoms. The van der Waals surface area contributed by atoms with Crippen LogP contribution in [0.25, 0.3) is 0 Å². The van der Waals surface area contributed by atoms with Crippen LogP contribution in [0.1, 0.15) is 0 Å². The molecule has 5 heteroatoms. The highest BCUT2D eigenvalue weighted by molar-refractivity contribution is 7.78. The van der Waals surface area contributed by atoms with Crippen molar-refractivity contribution in [3.05, 3.63) is 30.3 Å². The molecule has 0 spiro atoms. The van der Waals surface area contributed by atoms with Crippen LogP contribution in [0, 0.1) is 5.41 Å². The summed E-state index contributed by atoms with van der Waals surface area (Å²) in [4.78, 5) is 9.04. The molecule has 70 valence electrons. The van der Waals surface area contributed by atoms with Crippen LogP contribution in [0.15, 0.2) is 30.3 Å². The predicted octanol–water partition coefficient (Wildman–Crippen LogP) is 1.88. The zero-order chi connectivity index (χ0) is 10.3. The molecular weight excluding hydrogens is 205 g/mol. The minimum atomic E-state index is -3.02. The van der Waals surface area contributed by atoms with E-state index in [4.69, 9.17) is 10.3 Å². The summed E-state index contributed by atoms with van der Waals surface area (Å²) in [5.74, 6) is 0. The average Bonchev–Trinajstić information content (AvgIpc) is 2.06. The van der Waals surface area contributed by atoms with Crippen molar-refractivity contribution in [2.24, 2.45) is 0 Å². The molecule has 0 saturated heterocycles. The standard InChI is InChI=1S/C7H9O2P.CHNS/c1-10(8,9)7-5-3-2-4-6-7;2-1-3/h2-6H,1H3,(H,8,9);2H. The monoisotopic (exact) mass is 215 g/mol. The van der Waals surface area contributed by atoms with Crippen molar-refractivity contribution in [1.29, 1.82) is 5.41 Å². The van der Waals surface area contributed by atoms with Gasteiger partial charge in [-0.05, 0) is 24.4 Å². The van der Waals surface area contributed by atoms with Crippen molar-refractivity contribution < 1.29 is 9.46 Å². The first-order valence-electron chi connectivity index (χ1n) is 3.42. The maximum absolute atomic E-state index is 11.0.